The average Bonchev–Trinajstić information content (AvgIpc) is 2.01. The largest absolute Gasteiger partial charge is 0.298 e. The molecule has 0 aliphatic carbocycles. The Kier molecular flexibility index (Phi) is 4.31. The molecular formula is C10H20O3S. The predicted molar refractivity (Wildman–Crippen MR) is 58.0 cm³/mol. The third-order valence-electron chi connectivity index (χ3n) is 2.69. The summed E-state index contributed by atoms with van der Waals surface area (Å²) in [6.07, 6.45) is 2.76. The molecule has 0 aliphatic heterocycles. The Labute approximate surface area is 86.8 Å². The maximum atomic E-state index is 11.8. The van der Waals surface area contributed by atoms with Crippen LogP contribution in [0.2, 0.25) is 0 Å². The van der Waals surface area contributed by atoms with Crippen molar-refractivity contribution in [2.45, 2.75) is 45.3 Å². The summed E-state index contributed by atoms with van der Waals surface area (Å²) in [5.74, 6) is -0.355. The molecule has 0 aromatic heterocycles. The second-order valence-electron chi connectivity index (χ2n) is 4.34. The van der Waals surface area contributed by atoms with Crippen LogP contribution in [-0.2, 0) is 14.6 Å². The van der Waals surface area contributed by atoms with Crippen LogP contribution < -0.4 is 0 Å². The zero-order valence-electron chi connectivity index (χ0n) is 9.62. The third kappa shape index (κ3) is 2.80. The fourth-order valence-corrected chi connectivity index (χ4v) is 1.91. The second-order valence-corrected chi connectivity index (χ2v) is 6.90. The van der Waals surface area contributed by atoms with E-state index in [0.29, 0.717) is 0 Å². The first-order chi connectivity index (χ1) is 6.14. The van der Waals surface area contributed by atoms with E-state index >= 15 is 0 Å². The van der Waals surface area contributed by atoms with Crippen LogP contribution in [0.15, 0.2) is 0 Å². The van der Waals surface area contributed by atoms with Crippen LogP contribution in [0.1, 0.15) is 40.5 Å². The molecule has 1 atom stereocenters. The van der Waals surface area contributed by atoms with Gasteiger partial charge in [-0.1, -0.05) is 20.3 Å². The summed E-state index contributed by atoms with van der Waals surface area (Å²) in [5, 5.41) is 0. The van der Waals surface area contributed by atoms with Crippen LogP contribution in [0, 0.1) is 5.92 Å². The minimum absolute atomic E-state index is 0.176. The first-order valence-corrected chi connectivity index (χ1v) is 6.77. The molecule has 0 amide bonds. The van der Waals surface area contributed by atoms with Gasteiger partial charge in [0, 0.05) is 12.2 Å². The molecule has 4 heteroatoms. The van der Waals surface area contributed by atoms with Crippen LogP contribution in [-0.4, -0.2) is 25.2 Å². The minimum Gasteiger partial charge on any atom is -0.298 e. The van der Waals surface area contributed by atoms with Crippen molar-refractivity contribution in [1.29, 1.82) is 0 Å². The van der Waals surface area contributed by atoms with Crippen LogP contribution in [0.3, 0.4) is 0 Å². The first-order valence-electron chi connectivity index (χ1n) is 4.88. The summed E-state index contributed by atoms with van der Waals surface area (Å²) in [5.41, 5.74) is 0. The number of Topliss-reactive ketones (excluding diaryl/α,β-unsaturated/α-hetero) is 1. The van der Waals surface area contributed by atoms with Crippen molar-refractivity contribution in [3.05, 3.63) is 0 Å². The molecule has 0 heterocycles. The van der Waals surface area contributed by atoms with E-state index in [0.717, 1.165) is 19.1 Å². The predicted octanol–water partition coefficient (Wildman–Crippen LogP) is 1.81. The SMILES string of the molecule is CCCC(C)C(=O)C(C)(C)S(C)(=O)=O. The molecule has 0 saturated carbocycles. The average molecular weight is 220 g/mol. The van der Waals surface area contributed by atoms with Crippen molar-refractivity contribution in [3.8, 4) is 0 Å². The monoisotopic (exact) mass is 220 g/mol. The quantitative estimate of drug-likeness (QED) is 0.710. The van der Waals surface area contributed by atoms with Gasteiger partial charge in [0.15, 0.2) is 15.6 Å². The Balaban J connectivity index is 4.86. The van der Waals surface area contributed by atoms with E-state index in [4.69, 9.17) is 0 Å². The molecule has 0 radical (unpaired) electrons. The smallest absolute Gasteiger partial charge is 0.159 e. The second kappa shape index (κ2) is 4.43. The molecule has 84 valence electrons. The molecule has 1 unspecified atom stereocenters. The number of carbonyl (C=O) groups excluding carboxylic acids is 1. The topological polar surface area (TPSA) is 51.2 Å². The molecular weight excluding hydrogens is 200 g/mol. The van der Waals surface area contributed by atoms with Crippen molar-refractivity contribution >= 4 is 15.6 Å². The Bertz CT molecular complexity index is 301. The zero-order chi connectivity index (χ0) is 11.6. The summed E-state index contributed by atoms with van der Waals surface area (Å²) in [7, 11) is -3.31. The number of ketones is 1. The summed E-state index contributed by atoms with van der Waals surface area (Å²) in [4.78, 5) is 11.8. The third-order valence-corrected chi connectivity index (χ3v) is 4.74. The van der Waals surface area contributed by atoms with Crippen LogP contribution in [0.25, 0.3) is 0 Å². The Morgan fingerprint density at radius 1 is 1.36 bits per heavy atom. The van der Waals surface area contributed by atoms with Gasteiger partial charge < -0.3 is 0 Å². The highest BCUT2D eigenvalue weighted by Crippen LogP contribution is 2.23. The van der Waals surface area contributed by atoms with Gasteiger partial charge in [-0.15, -0.1) is 0 Å². The molecule has 0 aromatic carbocycles. The van der Waals surface area contributed by atoms with Gasteiger partial charge in [-0.25, -0.2) is 8.42 Å². The highest BCUT2D eigenvalue weighted by Gasteiger charge is 2.40. The van der Waals surface area contributed by atoms with E-state index in [1.807, 2.05) is 6.92 Å². The van der Waals surface area contributed by atoms with Crippen molar-refractivity contribution in [3.63, 3.8) is 0 Å². The summed E-state index contributed by atoms with van der Waals surface area (Å²) in [6.45, 7) is 6.74. The van der Waals surface area contributed by atoms with E-state index in [2.05, 4.69) is 0 Å². The molecule has 0 saturated heterocycles. The normalized spacial score (nSPS) is 15.2. The van der Waals surface area contributed by atoms with E-state index in [1.54, 1.807) is 6.92 Å². The first kappa shape index (κ1) is 13.6. The molecule has 0 spiro atoms. The van der Waals surface area contributed by atoms with Gasteiger partial charge in [0.1, 0.15) is 4.75 Å². The summed E-state index contributed by atoms with van der Waals surface area (Å²) >= 11 is 0. The summed E-state index contributed by atoms with van der Waals surface area (Å²) < 4.78 is 21.5. The lowest BCUT2D eigenvalue weighted by Crippen LogP contribution is -2.43. The molecule has 0 bridgehead atoms. The van der Waals surface area contributed by atoms with E-state index in [1.165, 1.54) is 13.8 Å². The number of hydrogen-bond donors (Lipinski definition) is 0. The van der Waals surface area contributed by atoms with E-state index in [9.17, 15) is 13.2 Å². The van der Waals surface area contributed by atoms with Gasteiger partial charge in [-0.3, -0.25) is 4.79 Å². The number of hydrogen-bond acceptors (Lipinski definition) is 3. The molecule has 0 aliphatic rings. The number of rotatable bonds is 5. The minimum atomic E-state index is -3.31. The molecule has 0 rings (SSSR count). The fraction of sp³-hybridized carbons (Fsp3) is 0.900. The number of carbonyl (C=O) groups is 1. The van der Waals surface area contributed by atoms with Gasteiger partial charge >= 0.3 is 0 Å². The van der Waals surface area contributed by atoms with Gasteiger partial charge in [-0.05, 0) is 20.3 Å². The Morgan fingerprint density at radius 3 is 2.07 bits per heavy atom. The van der Waals surface area contributed by atoms with Gasteiger partial charge in [-0.2, -0.15) is 0 Å². The van der Waals surface area contributed by atoms with Gasteiger partial charge in [0.05, 0.1) is 0 Å². The molecule has 0 fully saturated rings. The van der Waals surface area contributed by atoms with E-state index < -0.39 is 14.6 Å². The standard InChI is InChI=1S/C10H20O3S/c1-6-7-8(2)9(11)10(3,4)14(5,12)13/h8H,6-7H2,1-5H3. The molecule has 0 N–H and O–H groups in total. The highest BCUT2D eigenvalue weighted by molar-refractivity contribution is 7.92. The summed E-state index contributed by atoms with van der Waals surface area (Å²) in [6, 6.07) is 0. The maximum Gasteiger partial charge on any atom is 0.159 e. The highest BCUT2D eigenvalue weighted by atomic mass is 32.2. The lowest BCUT2D eigenvalue weighted by Gasteiger charge is -2.24. The van der Waals surface area contributed by atoms with Gasteiger partial charge in [0.25, 0.3) is 0 Å². The maximum absolute atomic E-state index is 11.8. The van der Waals surface area contributed by atoms with Crippen LogP contribution in [0.4, 0.5) is 0 Å². The Morgan fingerprint density at radius 2 is 1.79 bits per heavy atom. The molecule has 3 nitrogen and oxygen atoms in total. The lowest BCUT2D eigenvalue weighted by atomic mass is 9.93. The fourth-order valence-electron chi connectivity index (χ4n) is 1.34. The molecule has 14 heavy (non-hydrogen) atoms. The van der Waals surface area contributed by atoms with Crippen LogP contribution >= 0.6 is 0 Å². The Hall–Kier alpha value is -0.380. The van der Waals surface area contributed by atoms with Crippen molar-refractivity contribution in [1.82, 2.24) is 0 Å². The van der Waals surface area contributed by atoms with Crippen molar-refractivity contribution in [2.24, 2.45) is 5.92 Å². The van der Waals surface area contributed by atoms with Gasteiger partial charge in [0.2, 0.25) is 0 Å². The van der Waals surface area contributed by atoms with Crippen LogP contribution in [0.5, 0.6) is 0 Å². The zero-order valence-corrected chi connectivity index (χ0v) is 10.4. The molecule has 0 aromatic rings. The number of sulfone groups is 1. The lowest BCUT2D eigenvalue weighted by molar-refractivity contribution is -0.124. The van der Waals surface area contributed by atoms with E-state index in [-0.39, 0.29) is 11.7 Å². The van der Waals surface area contributed by atoms with Crippen molar-refractivity contribution in [2.75, 3.05) is 6.26 Å². The van der Waals surface area contributed by atoms with Crippen molar-refractivity contribution < 1.29 is 13.2 Å².